The number of hydrogen-bond donors (Lipinski definition) is 0. The van der Waals surface area contributed by atoms with Crippen molar-refractivity contribution in [2.45, 2.75) is 13.3 Å². The number of thiazole rings is 1. The highest BCUT2D eigenvalue weighted by Gasteiger charge is 2.07. The fourth-order valence-electron chi connectivity index (χ4n) is 1.03. The molecule has 1 aromatic heterocycles. The standard InChI is InChI=1S/C10H16N2O2S/c1-8-11-9(7-15-8)6-10(13)14-5-4-12(2)3/h7H,4-6H2,1-3H3. The van der Waals surface area contributed by atoms with E-state index in [1.165, 1.54) is 0 Å². The van der Waals surface area contributed by atoms with Gasteiger partial charge in [0.1, 0.15) is 6.61 Å². The number of rotatable bonds is 5. The second kappa shape index (κ2) is 5.82. The van der Waals surface area contributed by atoms with Gasteiger partial charge < -0.3 is 9.64 Å². The van der Waals surface area contributed by atoms with E-state index < -0.39 is 0 Å². The molecule has 0 radical (unpaired) electrons. The van der Waals surface area contributed by atoms with Crippen molar-refractivity contribution in [3.05, 3.63) is 16.1 Å². The summed E-state index contributed by atoms with van der Waals surface area (Å²) in [4.78, 5) is 17.5. The Morgan fingerprint density at radius 2 is 2.33 bits per heavy atom. The van der Waals surface area contributed by atoms with Crippen LogP contribution in [0.4, 0.5) is 0 Å². The van der Waals surface area contributed by atoms with Gasteiger partial charge in [0.25, 0.3) is 0 Å². The van der Waals surface area contributed by atoms with Crippen LogP contribution in [0, 0.1) is 6.92 Å². The minimum absolute atomic E-state index is 0.206. The Bertz CT molecular complexity index is 323. The molecule has 1 heterocycles. The molecule has 84 valence electrons. The van der Waals surface area contributed by atoms with E-state index in [1.54, 1.807) is 11.3 Å². The van der Waals surface area contributed by atoms with E-state index in [0.717, 1.165) is 17.2 Å². The van der Waals surface area contributed by atoms with E-state index in [1.807, 2.05) is 31.3 Å². The predicted molar refractivity (Wildman–Crippen MR) is 60.1 cm³/mol. The van der Waals surface area contributed by atoms with Crippen LogP contribution in [-0.2, 0) is 16.0 Å². The molecule has 0 N–H and O–H groups in total. The van der Waals surface area contributed by atoms with Crippen molar-refractivity contribution in [3.8, 4) is 0 Å². The first kappa shape index (κ1) is 12.1. The number of ether oxygens (including phenoxy) is 1. The maximum absolute atomic E-state index is 11.3. The minimum atomic E-state index is -0.206. The van der Waals surface area contributed by atoms with E-state index >= 15 is 0 Å². The van der Waals surface area contributed by atoms with E-state index in [9.17, 15) is 4.79 Å². The Morgan fingerprint density at radius 1 is 1.60 bits per heavy atom. The quantitative estimate of drug-likeness (QED) is 0.708. The van der Waals surface area contributed by atoms with Crippen molar-refractivity contribution in [3.63, 3.8) is 0 Å². The molecule has 1 rings (SSSR count). The maximum Gasteiger partial charge on any atom is 0.311 e. The molecule has 0 bridgehead atoms. The van der Waals surface area contributed by atoms with Crippen molar-refractivity contribution in [1.29, 1.82) is 0 Å². The van der Waals surface area contributed by atoms with E-state index in [-0.39, 0.29) is 12.4 Å². The van der Waals surface area contributed by atoms with Gasteiger partial charge >= 0.3 is 5.97 Å². The molecule has 0 aromatic carbocycles. The van der Waals surface area contributed by atoms with Gasteiger partial charge in [0, 0.05) is 11.9 Å². The van der Waals surface area contributed by atoms with E-state index in [0.29, 0.717) is 6.61 Å². The van der Waals surface area contributed by atoms with Crippen LogP contribution in [0.25, 0.3) is 0 Å². The summed E-state index contributed by atoms with van der Waals surface area (Å²) in [6.07, 6.45) is 0.276. The third-order valence-corrected chi connectivity index (χ3v) is 2.62. The molecule has 0 fully saturated rings. The Hall–Kier alpha value is -0.940. The van der Waals surface area contributed by atoms with Crippen LogP contribution in [0.2, 0.25) is 0 Å². The van der Waals surface area contributed by atoms with E-state index in [2.05, 4.69) is 4.98 Å². The summed E-state index contributed by atoms with van der Waals surface area (Å²) in [6, 6.07) is 0. The van der Waals surface area contributed by atoms with Crippen molar-refractivity contribution in [2.24, 2.45) is 0 Å². The third-order valence-electron chi connectivity index (χ3n) is 1.79. The highest BCUT2D eigenvalue weighted by atomic mass is 32.1. The number of esters is 1. The molecular formula is C10H16N2O2S. The van der Waals surface area contributed by atoms with Gasteiger partial charge in [-0.15, -0.1) is 11.3 Å². The molecule has 4 nitrogen and oxygen atoms in total. The van der Waals surface area contributed by atoms with Crippen LogP contribution >= 0.6 is 11.3 Å². The lowest BCUT2D eigenvalue weighted by Gasteiger charge is -2.09. The molecule has 0 aliphatic heterocycles. The summed E-state index contributed by atoms with van der Waals surface area (Å²) in [5.74, 6) is -0.206. The molecular weight excluding hydrogens is 212 g/mol. The van der Waals surface area contributed by atoms with Gasteiger partial charge in [0.05, 0.1) is 17.1 Å². The molecule has 0 spiro atoms. The normalized spacial score (nSPS) is 10.7. The number of likely N-dealkylation sites (N-methyl/N-ethyl adjacent to an activating group) is 1. The number of hydrogen-bond acceptors (Lipinski definition) is 5. The van der Waals surface area contributed by atoms with Crippen LogP contribution in [-0.4, -0.2) is 43.1 Å². The zero-order valence-corrected chi connectivity index (χ0v) is 10.1. The van der Waals surface area contributed by atoms with Gasteiger partial charge in [0.2, 0.25) is 0 Å². The number of nitrogens with zero attached hydrogens (tertiary/aromatic N) is 2. The molecule has 15 heavy (non-hydrogen) atoms. The van der Waals surface area contributed by atoms with Gasteiger partial charge in [-0.25, -0.2) is 4.98 Å². The van der Waals surface area contributed by atoms with Crippen molar-refractivity contribution in [2.75, 3.05) is 27.2 Å². The monoisotopic (exact) mass is 228 g/mol. The highest BCUT2D eigenvalue weighted by molar-refractivity contribution is 7.09. The topological polar surface area (TPSA) is 42.4 Å². The molecule has 0 atom stereocenters. The summed E-state index contributed by atoms with van der Waals surface area (Å²) in [6.45, 7) is 3.11. The number of aryl methyl sites for hydroxylation is 1. The molecule has 0 saturated heterocycles. The number of carbonyl (C=O) groups excluding carboxylic acids is 1. The Kier molecular flexibility index (Phi) is 4.71. The fraction of sp³-hybridized carbons (Fsp3) is 0.600. The maximum atomic E-state index is 11.3. The number of aromatic nitrogens is 1. The summed E-state index contributed by atoms with van der Waals surface area (Å²) in [5.41, 5.74) is 0.798. The SMILES string of the molecule is Cc1nc(CC(=O)OCCN(C)C)cs1. The van der Waals surface area contributed by atoms with Gasteiger partial charge in [-0.1, -0.05) is 0 Å². The lowest BCUT2D eigenvalue weighted by atomic mass is 10.3. The van der Waals surface area contributed by atoms with Gasteiger partial charge in [-0.3, -0.25) is 4.79 Å². The average molecular weight is 228 g/mol. The molecule has 0 aliphatic carbocycles. The molecule has 1 aromatic rings. The molecule has 0 saturated carbocycles. The Labute approximate surface area is 93.9 Å². The fourth-order valence-corrected chi connectivity index (χ4v) is 1.64. The largest absolute Gasteiger partial charge is 0.464 e. The van der Waals surface area contributed by atoms with Crippen molar-refractivity contribution < 1.29 is 9.53 Å². The summed E-state index contributed by atoms with van der Waals surface area (Å²) >= 11 is 1.55. The zero-order chi connectivity index (χ0) is 11.3. The Balaban J connectivity index is 2.24. The second-order valence-corrected chi connectivity index (χ2v) is 4.62. The molecule has 0 aliphatic rings. The summed E-state index contributed by atoms with van der Waals surface area (Å²) < 4.78 is 5.05. The van der Waals surface area contributed by atoms with Crippen molar-refractivity contribution >= 4 is 17.3 Å². The van der Waals surface area contributed by atoms with Crippen LogP contribution in [0.3, 0.4) is 0 Å². The molecule has 0 amide bonds. The van der Waals surface area contributed by atoms with Gasteiger partial charge in [-0.05, 0) is 21.0 Å². The minimum Gasteiger partial charge on any atom is -0.464 e. The van der Waals surface area contributed by atoms with Gasteiger partial charge in [0.15, 0.2) is 0 Å². The van der Waals surface area contributed by atoms with Crippen LogP contribution in [0.1, 0.15) is 10.7 Å². The highest BCUT2D eigenvalue weighted by Crippen LogP contribution is 2.08. The Morgan fingerprint density at radius 3 is 2.87 bits per heavy atom. The lowest BCUT2D eigenvalue weighted by Crippen LogP contribution is -2.20. The van der Waals surface area contributed by atoms with Crippen molar-refractivity contribution in [1.82, 2.24) is 9.88 Å². The average Bonchev–Trinajstić information content (AvgIpc) is 2.50. The third kappa shape index (κ3) is 4.90. The molecule has 0 unspecified atom stereocenters. The van der Waals surface area contributed by atoms with Crippen LogP contribution < -0.4 is 0 Å². The smallest absolute Gasteiger partial charge is 0.311 e. The number of carbonyl (C=O) groups is 1. The summed E-state index contributed by atoms with van der Waals surface area (Å²) in [5, 5.41) is 2.87. The van der Waals surface area contributed by atoms with Gasteiger partial charge in [-0.2, -0.15) is 0 Å². The zero-order valence-electron chi connectivity index (χ0n) is 9.32. The van der Waals surface area contributed by atoms with Crippen LogP contribution in [0.5, 0.6) is 0 Å². The second-order valence-electron chi connectivity index (χ2n) is 3.56. The lowest BCUT2D eigenvalue weighted by molar-refractivity contribution is -0.143. The van der Waals surface area contributed by atoms with E-state index in [4.69, 9.17) is 4.74 Å². The molecule has 5 heteroatoms. The summed E-state index contributed by atoms with van der Waals surface area (Å²) in [7, 11) is 3.88. The predicted octanol–water partition coefficient (Wildman–Crippen LogP) is 1.10. The first-order valence-electron chi connectivity index (χ1n) is 4.79. The first-order chi connectivity index (χ1) is 7.08. The van der Waals surface area contributed by atoms with Crippen LogP contribution in [0.15, 0.2) is 5.38 Å². The first-order valence-corrected chi connectivity index (χ1v) is 5.67.